The van der Waals surface area contributed by atoms with Crippen molar-refractivity contribution >= 4 is 5.69 Å². The van der Waals surface area contributed by atoms with Crippen LogP contribution in [0.15, 0.2) is 54.6 Å². The molecule has 1 aliphatic heterocycles. The molecule has 2 aromatic rings. The predicted octanol–water partition coefficient (Wildman–Crippen LogP) is 2.99. The Morgan fingerprint density at radius 3 is 2.50 bits per heavy atom. The van der Waals surface area contributed by atoms with E-state index in [2.05, 4.69) is 42.3 Å². The highest BCUT2D eigenvalue weighted by Gasteiger charge is 2.38. The van der Waals surface area contributed by atoms with Crippen molar-refractivity contribution in [3.8, 4) is 5.75 Å². The molecule has 4 heteroatoms. The summed E-state index contributed by atoms with van der Waals surface area (Å²) in [5, 5.41) is 14.0. The topological polar surface area (TPSA) is 44.7 Å². The first-order valence-electron chi connectivity index (χ1n) is 8.44. The number of likely N-dealkylation sites (N-methyl/N-ethyl adjacent to an activating group) is 1. The number of hydrogen-bond acceptors (Lipinski definition) is 4. The van der Waals surface area contributed by atoms with Crippen LogP contribution in [0.4, 0.5) is 5.69 Å². The van der Waals surface area contributed by atoms with Crippen molar-refractivity contribution in [3.63, 3.8) is 0 Å². The predicted molar refractivity (Wildman–Crippen MR) is 97.6 cm³/mol. The summed E-state index contributed by atoms with van der Waals surface area (Å²) in [7, 11) is 1.86. The molecule has 0 aliphatic carbocycles. The Hall–Kier alpha value is -2.04. The van der Waals surface area contributed by atoms with Gasteiger partial charge in [0.25, 0.3) is 0 Å². The number of nitrogens with one attached hydrogen (secondary N) is 1. The summed E-state index contributed by atoms with van der Waals surface area (Å²) in [6.07, 6.45) is -0.528. The van der Waals surface area contributed by atoms with E-state index in [1.807, 2.05) is 43.4 Å². The van der Waals surface area contributed by atoms with Crippen LogP contribution in [0.2, 0.25) is 0 Å². The summed E-state index contributed by atoms with van der Waals surface area (Å²) in [6.45, 7) is 5.41. The lowest BCUT2D eigenvalue weighted by Gasteiger charge is -2.46. The second kappa shape index (κ2) is 6.83. The molecule has 2 N–H and O–H groups in total. The van der Waals surface area contributed by atoms with Crippen molar-refractivity contribution in [3.05, 3.63) is 60.2 Å². The number of benzene rings is 2. The lowest BCUT2D eigenvalue weighted by molar-refractivity contribution is 0.0840. The van der Waals surface area contributed by atoms with Crippen molar-refractivity contribution in [2.75, 3.05) is 25.0 Å². The van der Waals surface area contributed by atoms with Gasteiger partial charge in [0.2, 0.25) is 0 Å². The van der Waals surface area contributed by atoms with Crippen LogP contribution in [0.5, 0.6) is 5.75 Å². The van der Waals surface area contributed by atoms with E-state index in [-0.39, 0.29) is 11.6 Å². The normalized spacial score (nSPS) is 18.4. The lowest BCUT2D eigenvalue weighted by atomic mass is 9.95. The van der Waals surface area contributed by atoms with E-state index in [0.29, 0.717) is 13.1 Å². The summed E-state index contributed by atoms with van der Waals surface area (Å²) in [5.41, 5.74) is 1.81. The molecule has 24 heavy (non-hydrogen) atoms. The van der Waals surface area contributed by atoms with Gasteiger partial charge in [0, 0.05) is 6.54 Å². The van der Waals surface area contributed by atoms with Crippen molar-refractivity contribution in [2.24, 2.45) is 0 Å². The third-order valence-electron chi connectivity index (χ3n) is 4.37. The summed E-state index contributed by atoms with van der Waals surface area (Å²) >= 11 is 0. The highest BCUT2D eigenvalue weighted by atomic mass is 16.5. The average molecular weight is 326 g/mol. The number of para-hydroxylation sites is 2. The monoisotopic (exact) mass is 326 g/mol. The smallest absolute Gasteiger partial charge is 0.143 e. The van der Waals surface area contributed by atoms with E-state index in [9.17, 15) is 5.11 Å². The van der Waals surface area contributed by atoms with Gasteiger partial charge in [-0.05, 0) is 38.6 Å². The van der Waals surface area contributed by atoms with Gasteiger partial charge in [0.1, 0.15) is 11.4 Å². The third-order valence-corrected chi connectivity index (χ3v) is 4.37. The highest BCUT2D eigenvalue weighted by Crippen LogP contribution is 2.42. The Morgan fingerprint density at radius 1 is 1.12 bits per heavy atom. The van der Waals surface area contributed by atoms with E-state index < -0.39 is 6.10 Å². The summed E-state index contributed by atoms with van der Waals surface area (Å²) in [5.74, 6) is 0.867. The Bertz CT molecular complexity index is 672. The molecule has 0 bridgehead atoms. The lowest BCUT2D eigenvalue weighted by Crippen LogP contribution is -2.51. The molecule has 1 heterocycles. The van der Waals surface area contributed by atoms with Gasteiger partial charge in [-0.1, -0.05) is 42.5 Å². The number of fused-ring (bicyclic) bond motifs is 1. The quantitative estimate of drug-likeness (QED) is 0.887. The molecule has 0 spiro atoms. The average Bonchev–Trinajstić information content (AvgIpc) is 2.55. The summed E-state index contributed by atoms with van der Waals surface area (Å²) in [6, 6.07) is 18.1. The maximum Gasteiger partial charge on any atom is 0.143 e. The van der Waals surface area contributed by atoms with Crippen LogP contribution in [-0.4, -0.2) is 36.9 Å². The molecule has 0 radical (unpaired) electrons. The van der Waals surface area contributed by atoms with Gasteiger partial charge in [-0.15, -0.1) is 0 Å². The number of aliphatic hydroxyl groups is 1. The van der Waals surface area contributed by atoms with E-state index >= 15 is 0 Å². The number of ether oxygens (including phenoxy) is 1. The zero-order valence-corrected chi connectivity index (χ0v) is 14.6. The molecule has 0 unspecified atom stereocenters. The molecule has 0 aromatic heterocycles. The summed E-state index contributed by atoms with van der Waals surface area (Å²) < 4.78 is 6.14. The zero-order valence-electron chi connectivity index (χ0n) is 14.6. The van der Waals surface area contributed by atoms with Crippen LogP contribution in [0.1, 0.15) is 25.5 Å². The maximum atomic E-state index is 10.9. The van der Waals surface area contributed by atoms with E-state index in [1.165, 1.54) is 0 Å². The van der Waals surface area contributed by atoms with Crippen molar-refractivity contribution in [2.45, 2.75) is 31.6 Å². The molecule has 1 aliphatic rings. The minimum atomic E-state index is -0.528. The third kappa shape index (κ3) is 3.40. The largest absolute Gasteiger partial charge is 0.484 e. The van der Waals surface area contributed by atoms with Gasteiger partial charge in [-0.2, -0.15) is 0 Å². The number of hydrogen-bond donors (Lipinski definition) is 2. The summed E-state index contributed by atoms with van der Waals surface area (Å²) in [4.78, 5) is 2.27. The van der Waals surface area contributed by atoms with Crippen LogP contribution >= 0.6 is 0 Å². The Labute approximate surface area is 144 Å². The first-order valence-corrected chi connectivity index (χ1v) is 8.44. The molecule has 2 atom stereocenters. The first-order chi connectivity index (χ1) is 11.5. The molecule has 0 fully saturated rings. The number of aliphatic hydroxyl groups excluding tert-OH is 1. The zero-order chi connectivity index (χ0) is 17.2. The van der Waals surface area contributed by atoms with Crippen molar-refractivity contribution in [1.29, 1.82) is 0 Å². The molecule has 0 amide bonds. The second-order valence-electron chi connectivity index (χ2n) is 6.94. The molecular formula is C20H26N2O2. The molecule has 4 nitrogen and oxygen atoms in total. The molecule has 0 saturated carbocycles. The van der Waals surface area contributed by atoms with Gasteiger partial charge in [-0.25, -0.2) is 0 Å². The van der Waals surface area contributed by atoms with E-state index in [1.54, 1.807) is 0 Å². The van der Waals surface area contributed by atoms with Crippen LogP contribution in [0.25, 0.3) is 0 Å². The minimum absolute atomic E-state index is 0.136. The molecular weight excluding hydrogens is 300 g/mol. The van der Waals surface area contributed by atoms with Crippen molar-refractivity contribution < 1.29 is 9.84 Å². The van der Waals surface area contributed by atoms with Gasteiger partial charge < -0.3 is 20.1 Å². The fourth-order valence-corrected chi connectivity index (χ4v) is 3.44. The number of nitrogens with zero attached hydrogens (tertiary/aromatic N) is 1. The Morgan fingerprint density at radius 2 is 1.79 bits per heavy atom. The number of rotatable bonds is 5. The van der Waals surface area contributed by atoms with Gasteiger partial charge >= 0.3 is 0 Å². The second-order valence-corrected chi connectivity index (χ2v) is 6.94. The number of anilines is 1. The van der Waals surface area contributed by atoms with E-state index in [0.717, 1.165) is 17.0 Å². The van der Waals surface area contributed by atoms with Crippen LogP contribution < -0.4 is 15.0 Å². The Kier molecular flexibility index (Phi) is 4.78. The van der Waals surface area contributed by atoms with Crippen molar-refractivity contribution in [1.82, 2.24) is 5.32 Å². The fourth-order valence-electron chi connectivity index (χ4n) is 3.44. The molecule has 0 saturated heterocycles. The van der Waals surface area contributed by atoms with Crippen LogP contribution in [-0.2, 0) is 0 Å². The Balaban J connectivity index is 2.07. The molecule has 128 valence electrons. The van der Waals surface area contributed by atoms with Crippen LogP contribution in [0, 0.1) is 0 Å². The van der Waals surface area contributed by atoms with Gasteiger partial charge in [-0.3, -0.25) is 0 Å². The van der Waals surface area contributed by atoms with Crippen LogP contribution in [0.3, 0.4) is 0 Å². The minimum Gasteiger partial charge on any atom is -0.484 e. The highest BCUT2D eigenvalue weighted by molar-refractivity contribution is 5.62. The van der Waals surface area contributed by atoms with Gasteiger partial charge in [0.05, 0.1) is 24.4 Å². The van der Waals surface area contributed by atoms with Gasteiger partial charge in [0.15, 0.2) is 0 Å². The molecule has 3 rings (SSSR count). The SMILES string of the molecule is CNC[C@@H](O)[C@H](c1ccccc1)N1CC(C)(C)Oc2ccccc21. The van der Waals surface area contributed by atoms with E-state index in [4.69, 9.17) is 4.74 Å². The standard InChI is InChI=1S/C20H26N2O2/c1-20(2)14-22(16-11-7-8-12-18(16)24-20)19(17(23)13-21-3)15-9-5-4-6-10-15/h4-12,17,19,21,23H,13-14H2,1-3H3/t17-,19+/m1/s1. The maximum absolute atomic E-state index is 10.9. The fraction of sp³-hybridized carbons (Fsp3) is 0.400. The molecule has 2 aromatic carbocycles. The first kappa shape index (κ1) is 16.8.